The fourth-order valence-electron chi connectivity index (χ4n) is 7.31. The van der Waals surface area contributed by atoms with Crippen molar-refractivity contribution in [2.24, 2.45) is 0 Å². The van der Waals surface area contributed by atoms with E-state index in [0.29, 0.717) is 0 Å². The molecule has 0 N–H and O–H groups in total. The molecule has 1 aromatic heterocycles. The molecular formula is C45H31N. The number of rotatable bonds is 5. The van der Waals surface area contributed by atoms with Crippen LogP contribution < -0.4 is 0 Å². The summed E-state index contributed by atoms with van der Waals surface area (Å²) in [6.45, 7) is 0. The molecule has 0 aliphatic rings. The van der Waals surface area contributed by atoms with Gasteiger partial charge in [0.2, 0.25) is 0 Å². The molecule has 1 heteroatoms. The standard InChI is InChI=1S/C45H31N/c1-2-13-34(14-3-1)45(41-19-10-16-33-12-6-7-17-39(33)41)35-23-21-32(22-24-35)37-26-28-44-42(30-37)40-18-8-9-20-43(40)46(44)38-27-25-31-11-4-5-15-36(31)29-38/h1-30,45H. The number of benzene rings is 8. The average Bonchev–Trinajstić information content (AvgIpc) is 3.46. The quantitative estimate of drug-likeness (QED) is 0.177. The van der Waals surface area contributed by atoms with Crippen LogP contribution in [0, 0.1) is 0 Å². The Kier molecular flexibility index (Phi) is 6.28. The van der Waals surface area contributed by atoms with E-state index in [1.54, 1.807) is 0 Å². The van der Waals surface area contributed by atoms with E-state index >= 15 is 0 Å². The molecule has 1 unspecified atom stereocenters. The van der Waals surface area contributed by atoms with E-state index in [4.69, 9.17) is 0 Å². The summed E-state index contributed by atoms with van der Waals surface area (Å²) in [6, 6.07) is 66.5. The summed E-state index contributed by atoms with van der Waals surface area (Å²) < 4.78 is 2.40. The highest BCUT2D eigenvalue weighted by molar-refractivity contribution is 6.10. The lowest BCUT2D eigenvalue weighted by Gasteiger charge is -2.21. The van der Waals surface area contributed by atoms with Crippen LogP contribution in [0.15, 0.2) is 182 Å². The highest BCUT2D eigenvalue weighted by Gasteiger charge is 2.19. The predicted molar refractivity (Wildman–Crippen MR) is 195 cm³/mol. The zero-order chi connectivity index (χ0) is 30.5. The minimum atomic E-state index is 0.142. The number of hydrogen-bond acceptors (Lipinski definition) is 0. The zero-order valence-electron chi connectivity index (χ0n) is 25.3. The van der Waals surface area contributed by atoms with Crippen molar-refractivity contribution in [2.45, 2.75) is 5.92 Å². The van der Waals surface area contributed by atoms with Crippen molar-refractivity contribution in [3.05, 3.63) is 199 Å². The van der Waals surface area contributed by atoms with Gasteiger partial charge in [-0.25, -0.2) is 0 Å². The van der Waals surface area contributed by atoms with Crippen LogP contribution in [-0.4, -0.2) is 4.57 Å². The van der Waals surface area contributed by atoms with Gasteiger partial charge in [0, 0.05) is 22.4 Å². The number of aromatic nitrogens is 1. The first-order valence-electron chi connectivity index (χ1n) is 16.0. The van der Waals surface area contributed by atoms with Gasteiger partial charge in [-0.2, -0.15) is 0 Å². The Hall–Kier alpha value is -5.92. The van der Waals surface area contributed by atoms with Crippen LogP contribution in [0.4, 0.5) is 0 Å². The lowest BCUT2D eigenvalue weighted by atomic mass is 9.82. The van der Waals surface area contributed by atoms with Crippen molar-refractivity contribution in [1.29, 1.82) is 0 Å². The third-order valence-electron chi connectivity index (χ3n) is 9.51. The largest absolute Gasteiger partial charge is 0.309 e. The molecular weight excluding hydrogens is 555 g/mol. The summed E-state index contributed by atoms with van der Waals surface area (Å²) >= 11 is 0. The van der Waals surface area contributed by atoms with Gasteiger partial charge in [-0.15, -0.1) is 0 Å². The molecule has 0 radical (unpaired) electrons. The molecule has 0 amide bonds. The predicted octanol–water partition coefficient (Wildman–Crippen LogP) is 11.9. The van der Waals surface area contributed by atoms with Crippen LogP contribution in [0.5, 0.6) is 0 Å². The van der Waals surface area contributed by atoms with E-state index in [1.165, 1.54) is 76.9 Å². The van der Waals surface area contributed by atoms with E-state index in [-0.39, 0.29) is 5.92 Å². The lowest BCUT2D eigenvalue weighted by molar-refractivity contribution is 0.989. The summed E-state index contributed by atoms with van der Waals surface area (Å²) in [5.41, 5.74) is 10.00. The Labute approximate surface area is 268 Å². The number of nitrogens with zero attached hydrogens (tertiary/aromatic N) is 1. The Balaban J connectivity index is 1.15. The average molecular weight is 586 g/mol. The lowest BCUT2D eigenvalue weighted by Crippen LogP contribution is -2.04. The molecule has 46 heavy (non-hydrogen) atoms. The SMILES string of the molecule is c1ccc(C(c2ccc(-c3ccc4c(c3)c3ccccc3n4-c3ccc4ccccc4c3)cc2)c2cccc3ccccc23)cc1. The zero-order valence-corrected chi connectivity index (χ0v) is 25.3. The van der Waals surface area contributed by atoms with Crippen LogP contribution in [0.25, 0.3) is 60.2 Å². The highest BCUT2D eigenvalue weighted by Crippen LogP contribution is 2.39. The number of hydrogen-bond donors (Lipinski definition) is 0. The molecule has 0 aliphatic carbocycles. The van der Waals surface area contributed by atoms with Gasteiger partial charge in [-0.05, 0) is 79.7 Å². The monoisotopic (exact) mass is 585 g/mol. The summed E-state index contributed by atoms with van der Waals surface area (Å²) in [5, 5.41) is 7.62. The molecule has 0 aliphatic heterocycles. The van der Waals surface area contributed by atoms with E-state index in [0.717, 1.165) is 0 Å². The van der Waals surface area contributed by atoms with Crippen LogP contribution in [0.1, 0.15) is 22.6 Å². The summed E-state index contributed by atoms with van der Waals surface area (Å²) in [6.07, 6.45) is 0. The first-order valence-corrected chi connectivity index (χ1v) is 16.0. The Morgan fingerprint density at radius 3 is 1.83 bits per heavy atom. The molecule has 8 aromatic carbocycles. The molecule has 1 atom stereocenters. The van der Waals surface area contributed by atoms with Crippen molar-refractivity contribution < 1.29 is 0 Å². The summed E-state index contributed by atoms with van der Waals surface area (Å²) in [7, 11) is 0. The van der Waals surface area contributed by atoms with Crippen LogP contribution >= 0.6 is 0 Å². The van der Waals surface area contributed by atoms with Crippen LogP contribution in [-0.2, 0) is 0 Å². The van der Waals surface area contributed by atoms with Crippen molar-refractivity contribution in [2.75, 3.05) is 0 Å². The maximum Gasteiger partial charge on any atom is 0.0541 e. The van der Waals surface area contributed by atoms with E-state index in [9.17, 15) is 0 Å². The second kappa shape index (κ2) is 10.9. The molecule has 0 spiro atoms. The number of para-hydroxylation sites is 1. The number of fused-ring (bicyclic) bond motifs is 5. The van der Waals surface area contributed by atoms with Crippen LogP contribution in [0.2, 0.25) is 0 Å². The van der Waals surface area contributed by atoms with Crippen molar-refractivity contribution in [1.82, 2.24) is 4.57 Å². The molecule has 9 aromatic rings. The van der Waals surface area contributed by atoms with E-state index < -0.39 is 0 Å². The second-order valence-electron chi connectivity index (χ2n) is 12.2. The summed E-state index contributed by atoms with van der Waals surface area (Å²) in [4.78, 5) is 0. The molecule has 0 bridgehead atoms. The topological polar surface area (TPSA) is 4.93 Å². The normalized spacial score (nSPS) is 12.3. The molecule has 0 saturated carbocycles. The molecule has 0 fully saturated rings. The van der Waals surface area contributed by atoms with E-state index in [2.05, 4.69) is 187 Å². The first kappa shape index (κ1) is 26.5. The minimum Gasteiger partial charge on any atom is -0.309 e. The second-order valence-corrected chi connectivity index (χ2v) is 12.2. The fraction of sp³-hybridized carbons (Fsp3) is 0.0222. The molecule has 1 heterocycles. The van der Waals surface area contributed by atoms with Gasteiger partial charge in [-0.3, -0.25) is 0 Å². The van der Waals surface area contributed by atoms with E-state index in [1.807, 2.05) is 0 Å². The Morgan fingerprint density at radius 2 is 0.978 bits per heavy atom. The third-order valence-corrected chi connectivity index (χ3v) is 9.51. The minimum absolute atomic E-state index is 0.142. The Morgan fingerprint density at radius 1 is 0.348 bits per heavy atom. The molecule has 9 rings (SSSR count). The Bertz CT molecular complexity index is 2510. The van der Waals surface area contributed by atoms with Gasteiger partial charge in [0.05, 0.1) is 11.0 Å². The van der Waals surface area contributed by atoms with Gasteiger partial charge in [0.15, 0.2) is 0 Å². The van der Waals surface area contributed by atoms with Crippen molar-refractivity contribution >= 4 is 43.4 Å². The van der Waals surface area contributed by atoms with Crippen molar-refractivity contribution in [3.63, 3.8) is 0 Å². The van der Waals surface area contributed by atoms with Gasteiger partial charge < -0.3 is 4.57 Å². The smallest absolute Gasteiger partial charge is 0.0541 e. The van der Waals surface area contributed by atoms with Crippen molar-refractivity contribution in [3.8, 4) is 16.8 Å². The molecule has 1 nitrogen and oxygen atoms in total. The molecule has 0 saturated heterocycles. The maximum atomic E-state index is 2.40. The molecule has 216 valence electrons. The van der Waals surface area contributed by atoms with Gasteiger partial charge in [0.25, 0.3) is 0 Å². The first-order chi connectivity index (χ1) is 22.8. The van der Waals surface area contributed by atoms with Gasteiger partial charge in [-0.1, -0.05) is 152 Å². The van der Waals surface area contributed by atoms with Crippen LogP contribution in [0.3, 0.4) is 0 Å². The highest BCUT2D eigenvalue weighted by atomic mass is 15.0. The van der Waals surface area contributed by atoms with Gasteiger partial charge in [0.1, 0.15) is 0 Å². The maximum absolute atomic E-state index is 2.40. The fourth-order valence-corrected chi connectivity index (χ4v) is 7.31. The third kappa shape index (κ3) is 4.40. The van der Waals surface area contributed by atoms with Gasteiger partial charge >= 0.3 is 0 Å². The summed E-state index contributed by atoms with van der Waals surface area (Å²) in [5.74, 6) is 0.142.